The molecule has 0 atom stereocenters. The van der Waals surface area contributed by atoms with Gasteiger partial charge in [0.1, 0.15) is 24.7 Å². The van der Waals surface area contributed by atoms with Crippen molar-refractivity contribution in [3.05, 3.63) is 59.2 Å². The quantitative estimate of drug-likeness (QED) is 0.742. The molecule has 0 spiro atoms. The van der Waals surface area contributed by atoms with Crippen molar-refractivity contribution in [2.24, 2.45) is 0 Å². The molecule has 2 amide bonds. The van der Waals surface area contributed by atoms with Crippen LogP contribution in [0.5, 0.6) is 11.5 Å². The standard InChI is InChI=1S/C23H24N2O6S/c1-14(2)16-4-6-17(7-5-16)22-15(3)23(27)25(32(22,28)29)13-21(26)24-18-8-9-19-20(12-18)31-11-10-30-19/h4-9,12,14H,10-11,13H2,1-3H3,(H,24,26). The maximum atomic E-state index is 13.1. The highest BCUT2D eigenvalue weighted by Crippen LogP contribution is 2.36. The van der Waals surface area contributed by atoms with E-state index in [1.807, 2.05) is 26.0 Å². The van der Waals surface area contributed by atoms with Crippen LogP contribution in [-0.4, -0.2) is 44.3 Å². The maximum absolute atomic E-state index is 13.1. The van der Waals surface area contributed by atoms with Crippen LogP contribution in [0, 0.1) is 0 Å². The molecule has 9 heteroatoms. The molecule has 0 saturated heterocycles. The molecule has 0 aromatic heterocycles. The first-order valence-corrected chi connectivity index (χ1v) is 11.7. The van der Waals surface area contributed by atoms with Crippen LogP contribution in [0.15, 0.2) is 48.0 Å². The maximum Gasteiger partial charge on any atom is 0.268 e. The second kappa shape index (κ2) is 8.31. The Balaban J connectivity index is 1.52. The van der Waals surface area contributed by atoms with E-state index in [1.165, 1.54) is 6.92 Å². The Kier molecular flexibility index (Phi) is 5.68. The monoisotopic (exact) mass is 456 g/mol. The molecule has 0 aliphatic carbocycles. The molecule has 2 aliphatic rings. The van der Waals surface area contributed by atoms with E-state index in [0.717, 1.165) is 5.56 Å². The van der Waals surface area contributed by atoms with Gasteiger partial charge in [0.2, 0.25) is 5.91 Å². The largest absolute Gasteiger partial charge is 0.486 e. The number of hydrogen-bond donors (Lipinski definition) is 1. The molecule has 2 aromatic carbocycles. The molecule has 4 rings (SSSR count). The van der Waals surface area contributed by atoms with Gasteiger partial charge in [0.05, 0.1) is 0 Å². The van der Waals surface area contributed by atoms with Crippen LogP contribution in [0.4, 0.5) is 5.69 Å². The lowest BCUT2D eigenvalue weighted by atomic mass is 10.0. The van der Waals surface area contributed by atoms with Crippen LogP contribution in [0.1, 0.15) is 37.8 Å². The van der Waals surface area contributed by atoms with Gasteiger partial charge in [0, 0.05) is 17.3 Å². The molecule has 2 heterocycles. The third-order valence-electron chi connectivity index (χ3n) is 5.39. The summed E-state index contributed by atoms with van der Waals surface area (Å²) in [6.45, 7) is 5.76. The summed E-state index contributed by atoms with van der Waals surface area (Å²) in [6.07, 6.45) is 0. The van der Waals surface area contributed by atoms with Gasteiger partial charge in [-0.2, -0.15) is 0 Å². The van der Waals surface area contributed by atoms with Crippen LogP contribution in [0.2, 0.25) is 0 Å². The number of anilines is 1. The molecule has 0 fully saturated rings. The molecule has 0 unspecified atom stereocenters. The Hall–Kier alpha value is -3.33. The number of amides is 2. The Morgan fingerprint density at radius 2 is 1.72 bits per heavy atom. The minimum atomic E-state index is -4.16. The first kappa shape index (κ1) is 21.9. The van der Waals surface area contributed by atoms with Crippen molar-refractivity contribution in [1.82, 2.24) is 4.31 Å². The van der Waals surface area contributed by atoms with Gasteiger partial charge in [-0.3, -0.25) is 9.59 Å². The molecule has 8 nitrogen and oxygen atoms in total. The smallest absolute Gasteiger partial charge is 0.268 e. The summed E-state index contributed by atoms with van der Waals surface area (Å²) in [6, 6.07) is 12.0. The van der Waals surface area contributed by atoms with Crippen molar-refractivity contribution >= 4 is 32.4 Å². The molecular weight excluding hydrogens is 432 g/mol. The minimum Gasteiger partial charge on any atom is -0.486 e. The first-order chi connectivity index (χ1) is 15.2. The molecule has 32 heavy (non-hydrogen) atoms. The number of nitrogens with zero attached hydrogens (tertiary/aromatic N) is 1. The van der Waals surface area contributed by atoms with E-state index in [4.69, 9.17) is 9.47 Å². The molecule has 2 aromatic rings. The van der Waals surface area contributed by atoms with Gasteiger partial charge in [-0.15, -0.1) is 0 Å². The highest BCUT2D eigenvalue weighted by atomic mass is 32.2. The Morgan fingerprint density at radius 1 is 1.06 bits per heavy atom. The van der Waals surface area contributed by atoms with Crippen LogP contribution < -0.4 is 14.8 Å². The van der Waals surface area contributed by atoms with Crippen molar-refractivity contribution in [2.45, 2.75) is 26.7 Å². The zero-order valence-corrected chi connectivity index (χ0v) is 18.9. The van der Waals surface area contributed by atoms with E-state index in [1.54, 1.807) is 30.3 Å². The number of benzene rings is 2. The Labute approximate surface area is 186 Å². The van der Waals surface area contributed by atoms with Crippen molar-refractivity contribution in [3.8, 4) is 11.5 Å². The van der Waals surface area contributed by atoms with E-state index in [2.05, 4.69) is 5.32 Å². The van der Waals surface area contributed by atoms with E-state index >= 15 is 0 Å². The number of hydrogen-bond acceptors (Lipinski definition) is 6. The van der Waals surface area contributed by atoms with Crippen LogP contribution in [0.25, 0.3) is 4.91 Å². The number of carbonyl (C=O) groups excluding carboxylic acids is 2. The summed E-state index contributed by atoms with van der Waals surface area (Å²) in [7, 11) is -4.16. The van der Waals surface area contributed by atoms with Crippen molar-refractivity contribution in [2.75, 3.05) is 25.1 Å². The molecule has 1 N–H and O–H groups in total. The molecular formula is C23H24N2O6S. The van der Waals surface area contributed by atoms with Gasteiger partial charge in [0.15, 0.2) is 11.5 Å². The van der Waals surface area contributed by atoms with Crippen molar-refractivity contribution in [1.29, 1.82) is 0 Å². The summed E-state index contributed by atoms with van der Waals surface area (Å²) < 4.78 is 37.8. The van der Waals surface area contributed by atoms with E-state index < -0.39 is 28.4 Å². The van der Waals surface area contributed by atoms with Crippen LogP contribution in [-0.2, 0) is 19.6 Å². The fraction of sp³-hybridized carbons (Fsp3) is 0.304. The van der Waals surface area contributed by atoms with Gasteiger partial charge < -0.3 is 14.8 Å². The highest BCUT2D eigenvalue weighted by Gasteiger charge is 2.43. The predicted molar refractivity (Wildman–Crippen MR) is 120 cm³/mol. The normalized spacial score (nSPS) is 17.1. The second-order valence-electron chi connectivity index (χ2n) is 7.95. The fourth-order valence-corrected chi connectivity index (χ4v) is 5.46. The number of ether oxygens (including phenoxy) is 2. The molecule has 168 valence electrons. The summed E-state index contributed by atoms with van der Waals surface area (Å²) in [4.78, 5) is 25.2. The zero-order chi connectivity index (χ0) is 23.0. The summed E-state index contributed by atoms with van der Waals surface area (Å²) in [5.41, 5.74) is 1.99. The van der Waals surface area contributed by atoms with Gasteiger partial charge in [0.25, 0.3) is 15.9 Å². The Bertz CT molecular complexity index is 1220. The molecule has 2 aliphatic heterocycles. The number of sulfonamides is 1. The van der Waals surface area contributed by atoms with E-state index in [9.17, 15) is 18.0 Å². The Morgan fingerprint density at radius 3 is 2.38 bits per heavy atom. The first-order valence-electron chi connectivity index (χ1n) is 10.3. The molecule has 0 radical (unpaired) electrons. The fourth-order valence-electron chi connectivity index (χ4n) is 3.69. The van der Waals surface area contributed by atoms with Gasteiger partial charge in [-0.25, -0.2) is 12.7 Å². The lowest BCUT2D eigenvalue weighted by Gasteiger charge is -2.20. The van der Waals surface area contributed by atoms with Gasteiger partial charge >= 0.3 is 0 Å². The second-order valence-corrected chi connectivity index (χ2v) is 9.75. The molecule has 0 bridgehead atoms. The third kappa shape index (κ3) is 3.95. The minimum absolute atomic E-state index is 0.0649. The lowest BCUT2D eigenvalue weighted by molar-refractivity contribution is -0.126. The van der Waals surface area contributed by atoms with Crippen molar-refractivity contribution < 1.29 is 27.5 Å². The number of carbonyl (C=O) groups is 2. The highest BCUT2D eigenvalue weighted by molar-refractivity contribution is 7.99. The number of rotatable bonds is 5. The third-order valence-corrected chi connectivity index (χ3v) is 7.32. The van der Waals surface area contributed by atoms with E-state index in [0.29, 0.717) is 46.2 Å². The van der Waals surface area contributed by atoms with Crippen LogP contribution in [0.3, 0.4) is 0 Å². The lowest BCUT2D eigenvalue weighted by Crippen LogP contribution is -2.38. The summed E-state index contributed by atoms with van der Waals surface area (Å²) in [5, 5.41) is 2.62. The summed E-state index contributed by atoms with van der Waals surface area (Å²) in [5.74, 6) is 0.0119. The van der Waals surface area contributed by atoms with Crippen LogP contribution >= 0.6 is 0 Å². The summed E-state index contributed by atoms with van der Waals surface area (Å²) >= 11 is 0. The predicted octanol–water partition coefficient (Wildman–Crippen LogP) is 3.12. The van der Waals surface area contributed by atoms with E-state index in [-0.39, 0.29) is 10.5 Å². The van der Waals surface area contributed by atoms with Crippen molar-refractivity contribution in [3.63, 3.8) is 0 Å². The average molecular weight is 457 g/mol. The van der Waals surface area contributed by atoms with Gasteiger partial charge in [-0.1, -0.05) is 38.1 Å². The number of nitrogens with one attached hydrogen (secondary N) is 1. The number of fused-ring (bicyclic) bond motifs is 1. The average Bonchev–Trinajstić information content (AvgIpc) is 2.93. The topological polar surface area (TPSA) is 102 Å². The zero-order valence-electron chi connectivity index (χ0n) is 18.0. The SMILES string of the molecule is CC1=C(c2ccc(C(C)C)cc2)S(=O)(=O)N(CC(=O)Nc2ccc3c(c2)OCCO3)C1=O. The van der Waals surface area contributed by atoms with Gasteiger partial charge in [-0.05, 0) is 36.1 Å². The molecule has 0 saturated carbocycles.